The maximum Gasteiger partial charge on any atom is 0.248 e. The summed E-state index contributed by atoms with van der Waals surface area (Å²) in [6.07, 6.45) is 3.16. The van der Waals surface area contributed by atoms with Gasteiger partial charge in [0.15, 0.2) is 11.5 Å². The zero-order chi connectivity index (χ0) is 19.3. The van der Waals surface area contributed by atoms with Crippen molar-refractivity contribution in [1.82, 2.24) is 0 Å². The van der Waals surface area contributed by atoms with Crippen molar-refractivity contribution in [1.29, 1.82) is 0 Å². The van der Waals surface area contributed by atoms with E-state index in [1.165, 1.54) is 11.6 Å². The average molecular weight is 355 g/mol. The van der Waals surface area contributed by atoms with Gasteiger partial charge in [0.05, 0.1) is 21.3 Å². The fourth-order valence-electron chi connectivity index (χ4n) is 2.89. The second-order valence-corrected chi connectivity index (χ2v) is 6.05. The number of hydrogen-bond donors (Lipinski definition) is 1. The van der Waals surface area contributed by atoms with Crippen LogP contribution in [0.25, 0.3) is 6.08 Å². The van der Waals surface area contributed by atoms with Crippen LogP contribution in [0.3, 0.4) is 0 Å². The van der Waals surface area contributed by atoms with E-state index in [1.807, 2.05) is 32.9 Å². The second kappa shape index (κ2) is 8.43. The Labute approximate surface area is 154 Å². The number of benzene rings is 2. The Morgan fingerprint density at radius 3 is 1.92 bits per heavy atom. The van der Waals surface area contributed by atoms with Crippen molar-refractivity contribution in [2.45, 2.75) is 20.8 Å². The molecule has 138 valence electrons. The second-order valence-electron chi connectivity index (χ2n) is 6.05. The lowest BCUT2D eigenvalue weighted by Gasteiger charge is -2.13. The Morgan fingerprint density at radius 1 is 0.846 bits per heavy atom. The normalized spacial score (nSPS) is 10.7. The molecule has 0 spiro atoms. The van der Waals surface area contributed by atoms with Gasteiger partial charge < -0.3 is 19.5 Å². The van der Waals surface area contributed by atoms with E-state index in [0.29, 0.717) is 17.2 Å². The van der Waals surface area contributed by atoms with Gasteiger partial charge in [0.25, 0.3) is 0 Å². The lowest BCUT2D eigenvalue weighted by molar-refractivity contribution is -0.111. The van der Waals surface area contributed by atoms with Crippen molar-refractivity contribution in [3.8, 4) is 17.2 Å². The molecular weight excluding hydrogens is 330 g/mol. The van der Waals surface area contributed by atoms with Crippen molar-refractivity contribution in [2.75, 3.05) is 26.6 Å². The SMILES string of the molecule is COc1cc(OC)c(OC)cc1/C=C/C(=O)Nc1c(C)cc(C)cc1C. The smallest absolute Gasteiger partial charge is 0.248 e. The minimum absolute atomic E-state index is 0.211. The van der Waals surface area contributed by atoms with Crippen LogP contribution in [0.2, 0.25) is 0 Å². The number of carbonyl (C=O) groups is 1. The number of carbonyl (C=O) groups excluding carboxylic acids is 1. The predicted molar refractivity (Wildman–Crippen MR) is 104 cm³/mol. The number of rotatable bonds is 6. The molecule has 0 radical (unpaired) electrons. The molecule has 0 fully saturated rings. The first-order chi connectivity index (χ1) is 12.4. The standard InChI is InChI=1S/C21H25NO4/c1-13-9-14(2)21(15(3)10-13)22-20(23)8-7-16-11-18(25-5)19(26-6)12-17(16)24-4/h7-12H,1-6H3,(H,22,23)/b8-7+. The highest BCUT2D eigenvalue weighted by atomic mass is 16.5. The monoisotopic (exact) mass is 355 g/mol. The number of ether oxygens (including phenoxy) is 3. The van der Waals surface area contributed by atoms with Crippen LogP contribution in [0.1, 0.15) is 22.3 Å². The molecule has 0 saturated heterocycles. The van der Waals surface area contributed by atoms with E-state index in [1.54, 1.807) is 39.5 Å². The molecule has 2 rings (SSSR count). The number of methoxy groups -OCH3 is 3. The molecular formula is C21H25NO4. The van der Waals surface area contributed by atoms with Crippen LogP contribution in [0.4, 0.5) is 5.69 Å². The Bertz CT molecular complexity index is 817. The van der Waals surface area contributed by atoms with Gasteiger partial charge in [-0.1, -0.05) is 17.7 Å². The summed E-state index contributed by atoms with van der Waals surface area (Å²) in [6, 6.07) is 7.59. The van der Waals surface area contributed by atoms with Crippen LogP contribution in [-0.2, 0) is 4.79 Å². The molecule has 2 aromatic carbocycles. The highest BCUT2D eigenvalue weighted by Gasteiger charge is 2.11. The highest BCUT2D eigenvalue weighted by molar-refractivity contribution is 6.03. The highest BCUT2D eigenvalue weighted by Crippen LogP contribution is 2.35. The van der Waals surface area contributed by atoms with E-state index in [4.69, 9.17) is 14.2 Å². The summed E-state index contributed by atoms with van der Waals surface area (Å²) >= 11 is 0. The average Bonchev–Trinajstić information content (AvgIpc) is 2.62. The first-order valence-corrected chi connectivity index (χ1v) is 8.26. The third kappa shape index (κ3) is 4.36. The largest absolute Gasteiger partial charge is 0.496 e. The van der Waals surface area contributed by atoms with Crippen LogP contribution < -0.4 is 19.5 Å². The summed E-state index contributed by atoms with van der Waals surface area (Å²) in [5.74, 6) is 1.52. The quantitative estimate of drug-likeness (QED) is 0.786. The molecule has 26 heavy (non-hydrogen) atoms. The molecule has 0 aliphatic carbocycles. The maximum atomic E-state index is 12.4. The van der Waals surface area contributed by atoms with Crippen molar-refractivity contribution in [2.24, 2.45) is 0 Å². The molecule has 0 unspecified atom stereocenters. The van der Waals surface area contributed by atoms with Gasteiger partial charge in [-0.2, -0.15) is 0 Å². The topological polar surface area (TPSA) is 56.8 Å². The minimum Gasteiger partial charge on any atom is -0.496 e. The molecule has 0 bridgehead atoms. The molecule has 0 aliphatic rings. The molecule has 0 saturated carbocycles. The fourth-order valence-corrected chi connectivity index (χ4v) is 2.89. The van der Waals surface area contributed by atoms with Gasteiger partial charge in [0.2, 0.25) is 5.91 Å². The third-order valence-electron chi connectivity index (χ3n) is 4.08. The molecule has 5 heteroatoms. The Kier molecular flexibility index (Phi) is 6.28. The van der Waals surface area contributed by atoms with Crippen LogP contribution in [-0.4, -0.2) is 27.2 Å². The van der Waals surface area contributed by atoms with Gasteiger partial charge in [-0.25, -0.2) is 0 Å². The van der Waals surface area contributed by atoms with Crippen LogP contribution in [0.5, 0.6) is 17.2 Å². The fraction of sp³-hybridized carbons (Fsp3) is 0.286. The van der Waals surface area contributed by atoms with E-state index in [-0.39, 0.29) is 5.91 Å². The summed E-state index contributed by atoms with van der Waals surface area (Å²) in [5.41, 5.74) is 4.80. The van der Waals surface area contributed by atoms with Crippen LogP contribution >= 0.6 is 0 Å². The lowest BCUT2D eigenvalue weighted by atomic mass is 10.1. The van der Waals surface area contributed by atoms with Crippen molar-refractivity contribution >= 4 is 17.7 Å². The van der Waals surface area contributed by atoms with Crippen molar-refractivity contribution < 1.29 is 19.0 Å². The van der Waals surface area contributed by atoms with Gasteiger partial charge in [-0.05, 0) is 44.0 Å². The van der Waals surface area contributed by atoms with Crippen molar-refractivity contribution in [3.63, 3.8) is 0 Å². The maximum absolute atomic E-state index is 12.4. The molecule has 2 aromatic rings. The molecule has 0 heterocycles. The molecule has 0 aromatic heterocycles. The summed E-state index contributed by atoms with van der Waals surface area (Å²) in [6.45, 7) is 6.00. The number of hydrogen-bond acceptors (Lipinski definition) is 4. The van der Waals surface area contributed by atoms with Crippen LogP contribution in [0, 0.1) is 20.8 Å². The number of anilines is 1. The molecule has 5 nitrogen and oxygen atoms in total. The first kappa shape index (κ1) is 19.4. The molecule has 1 amide bonds. The zero-order valence-electron chi connectivity index (χ0n) is 16.1. The lowest BCUT2D eigenvalue weighted by Crippen LogP contribution is -2.10. The van der Waals surface area contributed by atoms with Gasteiger partial charge in [0.1, 0.15) is 5.75 Å². The number of amides is 1. The Hall–Kier alpha value is -2.95. The van der Waals surface area contributed by atoms with Crippen molar-refractivity contribution in [3.05, 3.63) is 52.6 Å². The van der Waals surface area contributed by atoms with Gasteiger partial charge in [-0.15, -0.1) is 0 Å². The van der Waals surface area contributed by atoms with E-state index in [2.05, 4.69) is 5.32 Å². The van der Waals surface area contributed by atoms with Gasteiger partial charge in [0, 0.05) is 23.4 Å². The van der Waals surface area contributed by atoms with Gasteiger partial charge in [-0.3, -0.25) is 4.79 Å². The minimum atomic E-state index is -0.211. The summed E-state index contributed by atoms with van der Waals surface area (Å²) < 4.78 is 15.9. The first-order valence-electron chi connectivity index (χ1n) is 8.26. The zero-order valence-corrected chi connectivity index (χ0v) is 16.1. The Morgan fingerprint density at radius 2 is 1.38 bits per heavy atom. The summed E-state index contributed by atoms with van der Waals surface area (Å²) in [4.78, 5) is 12.4. The van der Waals surface area contributed by atoms with E-state index >= 15 is 0 Å². The van der Waals surface area contributed by atoms with E-state index < -0.39 is 0 Å². The van der Waals surface area contributed by atoms with E-state index in [0.717, 1.165) is 22.4 Å². The Balaban J connectivity index is 2.25. The molecule has 1 N–H and O–H groups in total. The molecule has 0 aliphatic heterocycles. The predicted octanol–water partition coefficient (Wildman–Crippen LogP) is 4.29. The van der Waals surface area contributed by atoms with Crippen LogP contribution in [0.15, 0.2) is 30.3 Å². The summed E-state index contributed by atoms with van der Waals surface area (Å²) in [7, 11) is 4.69. The third-order valence-corrected chi connectivity index (χ3v) is 4.08. The number of nitrogens with one attached hydrogen (secondary N) is 1. The number of aryl methyl sites for hydroxylation is 3. The van der Waals surface area contributed by atoms with Gasteiger partial charge >= 0.3 is 0 Å². The summed E-state index contributed by atoms with van der Waals surface area (Å²) in [5, 5.41) is 2.94. The van der Waals surface area contributed by atoms with E-state index in [9.17, 15) is 4.79 Å². The molecule has 0 atom stereocenters.